The minimum atomic E-state index is -0.565. The van der Waals surface area contributed by atoms with E-state index in [9.17, 15) is 19.8 Å². The fourth-order valence-corrected chi connectivity index (χ4v) is 0.700. The van der Waals surface area contributed by atoms with E-state index >= 15 is 0 Å². The summed E-state index contributed by atoms with van der Waals surface area (Å²) in [6.07, 6.45) is 1.84. The van der Waals surface area contributed by atoms with Crippen molar-refractivity contribution in [1.29, 1.82) is 0 Å². The van der Waals surface area contributed by atoms with Crippen molar-refractivity contribution in [3.05, 3.63) is 23.7 Å². The topological polar surface area (TPSA) is 98.7 Å². The van der Waals surface area contributed by atoms with E-state index in [-0.39, 0.29) is 28.6 Å². The second-order valence-electron chi connectivity index (χ2n) is 3.01. The predicted octanol–water partition coefficient (Wildman–Crippen LogP) is -0.375. The van der Waals surface area contributed by atoms with Crippen LogP contribution in [-0.4, -0.2) is 25.2 Å². The molecule has 0 saturated carbocycles. The molecule has 0 aromatic heterocycles. The third kappa shape index (κ3) is 22.2. The number of hydrogen-bond acceptors (Lipinski definition) is 6. The van der Waals surface area contributed by atoms with Gasteiger partial charge in [0.05, 0.1) is 13.2 Å². The summed E-state index contributed by atoms with van der Waals surface area (Å²) in [4.78, 5) is 20.7. The molecule has 0 heterocycles. The van der Waals surface area contributed by atoms with Crippen LogP contribution in [0.25, 0.3) is 0 Å². The Morgan fingerprint density at radius 3 is 1.32 bits per heavy atom. The molecule has 0 rings (SSSR count). The minimum Gasteiger partial charge on any atom is -0.875 e. The molecule has 0 bridgehead atoms. The zero-order valence-corrected chi connectivity index (χ0v) is 12.3. The number of allylic oxidation sites excluding steroid dienone is 2. The molecule has 1 radical (unpaired) electrons. The Hall–Kier alpha value is -1.46. The molecule has 0 atom stereocenters. The van der Waals surface area contributed by atoms with Gasteiger partial charge in [-0.1, -0.05) is 13.8 Å². The van der Waals surface area contributed by atoms with Crippen molar-refractivity contribution in [2.45, 2.75) is 27.7 Å². The molecule has 0 aliphatic heterocycles. The molecule has 0 spiro atoms. The van der Waals surface area contributed by atoms with Crippen LogP contribution < -0.4 is 10.2 Å². The standard InChI is InChI=1S/2C6H10O3.Cu/c2*1-3-9-6(8)4-5(2)7;/h2*4,7H,3H2,1-2H3;/q;;+2/p-2. The van der Waals surface area contributed by atoms with E-state index in [1.165, 1.54) is 13.8 Å². The maximum absolute atomic E-state index is 10.4. The second kappa shape index (κ2) is 14.6. The number of esters is 2. The molecule has 0 aromatic rings. The van der Waals surface area contributed by atoms with Crippen molar-refractivity contribution in [3.63, 3.8) is 0 Å². The Morgan fingerprint density at radius 2 is 1.16 bits per heavy atom. The fourth-order valence-electron chi connectivity index (χ4n) is 0.700. The second-order valence-corrected chi connectivity index (χ2v) is 3.01. The number of rotatable bonds is 4. The van der Waals surface area contributed by atoms with Gasteiger partial charge in [-0.2, -0.15) is 0 Å². The van der Waals surface area contributed by atoms with Gasteiger partial charge in [-0.25, -0.2) is 9.59 Å². The average molecular weight is 322 g/mol. The SMILES string of the molecule is CCOC(=O)C=C(C)[O-].CCOC(=O)C=C(C)[O-].[Cu+2]. The van der Waals surface area contributed by atoms with E-state index in [0.717, 1.165) is 12.2 Å². The largest absolute Gasteiger partial charge is 2.00 e. The maximum Gasteiger partial charge on any atom is 2.00 e. The monoisotopic (exact) mass is 321 g/mol. The number of carbonyl (C=O) groups excluding carboxylic acids is 2. The zero-order valence-electron chi connectivity index (χ0n) is 11.3. The first kappa shape index (κ1) is 22.7. The quantitative estimate of drug-likeness (QED) is 0.303. The van der Waals surface area contributed by atoms with E-state index in [0.29, 0.717) is 13.2 Å². The summed E-state index contributed by atoms with van der Waals surface area (Å²) in [7, 11) is 0. The maximum atomic E-state index is 10.4. The van der Waals surface area contributed by atoms with Crippen LogP contribution in [0.15, 0.2) is 23.7 Å². The third-order valence-electron chi connectivity index (χ3n) is 1.22. The van der Waals surface area contributed by atoms with Crippen molar-refractivity contribution in [2.24, 2.45) is 0 Å². The number of carbonyl (C=O) groups is 2. The molecule has 0 aliphatic rings. The molecular weight excluding hydrogens is 304 g/mol. The van der Waals surface area contributed by atoms with Gasteiger partial charge in [-0.3, -0.25) is 0 Å². The molecule has 0 amide bonds. The predicted molar refractivity (Wildman–Crippen MR) is 60.8 cm³/mol. The van der Waals surface area contributed by atoms with Gasteiger partial charge in [-0.15, -0.1) is 11.5 Å². The van der Waals surface area contributed by atoms with Gasteiger partial charge in [0.15, 0.2) is 0 Å². The summed E-state index contributed by atoms with van der Waals surface area (Å²) in [6.45, 7) is 6.59. The Labute approximate surface area is 123 Å². The minimum absolute atomic E-state index is 0. The summed E-state index contributed by atoms with van der Waals surface area (Å²) >= 11 is 0. The molecule has 6 nitrogen and oxygen atoms in total. The summed E-state index contributed by atoms with van der Waals surface area (Å²) in [5.41, 5.74) is 0. The third-order valence-corrected chi connectivity index (χ3v) is 1.22. The van der Waals surface area contributed by atoms with Crippen LogP contribution in [0.2, 0.25) is 0 Å². The zero-order chi connectivity index (χ0) is 14.6. The van der Waals surface area contributed by atoms with Gasteiger partial charge in [0.1, 0.15) is 0 Å². The molecule has 0 saturated heterocycles. The first-order valence-corrected chi connectivity index (χ1v) is 5.37. The molecule has 19 heavy (non-hydrogen) atoms. The van der Waals surface area contributed by atoms with Crippen LogP contribution in [0.3, 0.4) is 0 Å². The van der Waals surface area contributed by atoms with Gasteiger partial charge in [0.2, 0.25) is 0 Å². The smallest absolute Gasteiger partial charge is 0.875 e. The van der Waals surface area contributed by atoms with Gasteiger partial charge in [0.25, 0.3) is 0 Å². The molecule has 0 unspecified atom stereocenters. The molecule has 0 aromatic carbocycles. The number of hydrogen-bond donors (Lipinski definition) is 0. The first-order valence-electron chi connectivity index (χ1n) is 5.37. The van der Waals surface area contributed by atoms with Crippen molar-refractivity contribution >= 4 is 11.9 Å². The summed E-state index contributed by atoms with van der Waals surface area (Å²) in [5, 5.41) is 20.3. The van der Waals surface area contributed by atoms with E-state index in [1.807, 2.05) is 0 Å². The Morgan fingerprint density at radius 1 is 0.895 bits per heavy atom. The average Bonchev–Trinajstić information content (AvgIpc) is 2.16. The molecule has 7 heteroatoms. The Balaban J connectivity index is -0.000000256. The van der Waals surface area contributed by atoms with Gasteiger partial charge < -0.3 is 19.7 Å². The Bertz CT molecular complexity index is 282. The summed E-state index contributed by atoms with van der Waals surface area (Å²) in [5.74, 6) is -1.70. The normalized spacial score (nSPS) is 10.5. The van der Waals surface area contributed by atoms with Crippen LogP contribution >= 0.6 is 0 Å². The van der Waals surface area contributed by atoms with Crippen LogP contribution in [0.4, 0.5) is 0 Å². The molecule has 0 aliphatic carbocycles. The van der Waals surface area contributed by atoms with Crippen molar-refractivity contribution in [3.8, 4) is 0 Å². The molecule has 113 valence electrons. The van der Waals surface area contributed by atoms with Crippen molar-refractivity contribution in [1.82, 2.24) is 0 Å². The van der Waals surface area contributed by atoms with Gasteiger partial charge >= 0.3 is 29.0 Å². The summed E-state index contributed by atoms with van der Waals surface area (Å²) < 4.78 is 8.87. The Kier molecular flexibility index (Phi) is 17.4. The molecule has 0 N–H and O–H groups in total. The number of ether oxygens (including phenoxy) is 2. The first-order chi connectivity index (χ1) is 8.33. The molecule has 0 fully saturated rings. The van der Waals surface area contributed by atoms with Crippen LogP contribution in [0, 0.1) is 0 Å². The van der Waals surface area contributed by atoms with E-state index < -0.39 is 11.9 Å². The van der Waals surface area contributed by atoms with Crippen LogP contribution in [0.5, 0.6) is 0 Å². The van der Waals surface area contributed by atoms with Crippen LogP contribution in [0.1, 0.15) is 27.7 Å². The van der Waals surface area contributed by atoms with Crippen LogP contribution in [-0.2, 0) is 36.1 Å². The van der Waals surface area contributed by atoms with Gasteiger partial charge in [0, 0.05) is 12.2 Å². The summed E-state index contributed by atoms with van der Waals surface area (Å²) in [6, 6.07) is 0. The van der Waals surface area contributed by atoms with E-state index in [1.54, 1.807) is 13.8 Å². The fraction of sp³-hybridized carbons (Fsp3) is 0.500. The van der Waals surface area contributed by atoms with Crippen molar-refractivity contribution in [2.75, 3.05) is 13.2 Å². The van der Waals surface area contributed by atoms with Crippen molar-refractivity contribution < 1.29 is 46.3 Å². The van der Waals surface area contributed by atoms with E-state index in [4.69, 9.17) is 0 Å². The van der Waals surface area contributed by atoms with Gasteiger partial charge in [-0.05, 0) is 13.8 Å². The van der Waals surface area contributed by atoms with E-state index in [2.05, 4.69) is 9.47 Å². The molecular formula is C12H18CuO6.